The first-order valence-corrected chi connectivity index (χ1v) is 8.06. The van der Waals surface area contributed by atoms with Gasteiger partial charge in [0.15, 0.2) is 0 Å². The average molecular weight is 389 g/mol. The van der Waals surface area contributed by atoms with E-state index in [0.717, 1.165) is 12.1 Å². The summed E-state index contributed by atoms with van der Waals surface area (Å²) < 4.78 is 39.4. The summed E-state index contributed by atoms with van der Waals surface area (Å²) in [5, 5.41) is -0.0687. The van der Waals surface area contributed by atoms with Gasteiger partial charge in [0.25, 0.3) is 0 Å². The van der Waals surface area contributed by atoms with E-state index in [4.69, 9.17) is 17.3 Å². The highest BCUT2D eigenvalue weighted by Gasteiger charge is 2.31. The first-order valence-electron chi connectivity index (χ1n) is 7.68. The van der Waals surface area contributed by atoms with Crippen LogP contribution in [0.5, 0.6) is 0 Å². The third-order valence-electron chi connectivity index (χ3n) is 3.60. The van der Waals surface area contributed by atoms with Crippen LogP contribution in [-0.2, 0) is 6.18 Å². The molecule has 0 aliphatic heterocycles. The summed E-state index contributed by atoms with van der Waals surface area (Å²) in [5.74, 6) is 5.74. The van der Waals surface area contributed by atoms with Crippen LogP contribution < -0.4 is 5.73 Å². The summed E-state index contributed by atoms with van der Waals surface area (Å²) in [5.41, 5.74) is 6.61. The van der Waals surface area contributed by atoms with Crippen molar-refractivity contribution >= 4 is 17.5 Å². The maximum absolute atomic E-state index is 13.1. The maximum atomic E-state index is 13.1. The lowest BCUT2D eigenvalue weighted by Crippen LogP contribution is -2.07. The van der Waals surface area contributed by atoms with Crippen LogP contribution in [0.1, 0.15) is 22.4 Å². The Kier molecular flexibility index (Phi) is 5.02. The average Bonchev–Trinajstić information content (AvgIpc) is 2.60. The van der Waals surface area contributed by atoms with E-state index in [2.05, 4.69) is 26.8 Å². The molecule has 0 saturated carbocycles. The van der Waals surface area contributed by atoms with Crippen LogP contribution in [0.4, 0.5) is 19.1 Å². The molecule has 0 aliphatic rings. The lowest BCUT2D eigenvalue weighted by molar-refractivity contribution is -0.137. The molecule has 27 heavy (non-hydrogen) atoms. The quantitative estimate of drug-likeness (QED) is 0.623. The maximum Gasteiger partial charge on any atom is 0.416 e. The molecular formula is C19H12ClF3N4. The van der Waals surface area contributed by atoms with Gasteiger partial charge in [-0.1, -0.05) is 23.4 Å². The second kappa shape index (κ2) is 7.25. The summed E-state index contributed by atoms with van der Waals surface area (Å²) in [6.45, 7) is 1.66. The van der Waals surface area contributed by atoms with Gasteiger partial charge in [0, 0.05) is 28.5 Å². The predicted molar refractivity (Wildman–Crippen MR) is 96.8 cm³/mol. The van der Waals surface area contributed by atoms with Crippen molar-refractivity contribution in [3.63, 3.8) is 0 Å². The fourth-order valence-electron chi connectivity index (χ4n) is 2.41. The van der Waals surface area contributed by atoms with E-state index in [-0.39, 0.29) is 22.2 Å². The number of halogens is 4. The molecule has 0 bridgehead atoms. The minimum absolute atomic E-state index is 0.0667. The number of benzene rings is 1. The van der Waals surface area contributed by atoms with Crippen molar-refractivity contribution < 1.29 is 13.2 Å². The molecule has 0 unspecified atom stereocenters. The number of anilines is 1. The number of aromatic nitrogens is 3. The van der Waals surface area contributed by atoms with Crippen molar-refractivity contribution in [2.24, 2.45) is 0 Å². The van der Waals surface area contributed by atoms with Crippen molar-refractivity contribution in [2.75, 3.05) is 5.73 Å². The zero-order valence-corrected chi connectivity index (χ0v) is 14.7. The Labute approximate surface area is 158 Å². The molecule has 0 fully saturated rings. The summed E-state index contributed by atoms with van der Waals surface area (Å²) in [4.78, 5) is 12.1. The Bertz CT molecular complexity index is 1050. The SMILES string of the molecule is Cc1nc(N)nc(-c2cc(Cl)cc(C(F)(F)F)c2)c1C#Cc1cccnc1. The molecule has 0 saturated heterocycles. The predicted octanol–water partition coefficient (Wildman–Crippen LogP) is 4.50. The van der Waals surface area contributed by atoms with Gasteiger partial charge in [0.05, 0.1) is 22.5 Å². The van der Waals surface area contributed by atoms with Gasteiger partial charge in [0.1, 0.15) is 0 Å². The smallest absolute Gasteiger partial charge is 0.368 e. The second-order valence-corrected chi connectivity index (χ2v) is 6.05. The highest BCUT2D eigenvalue weighted by atomic mass is 35.5. The van der Waals surface area contributed by atoms with Crippen molar-refractivity contribution in [1.29, 1.82) is 0 Å². The van der Waals surface area contributed by atoms with Crippen LogP contribution in [0, 0.1) is 18.8 Å². The summed E-state index contributed by atoms with van der Waals surface area (Å²) >= 11 is 5.89. The molecule has 2 heterocycles. The van der Waals surface area contributed by atoms with Gasteiger partial charge in [-0.05, 0) is 37.3 Å². The van der Waals surface area contributed by atoms with E-state index in [9.17, 15) is 13.2 Å². The molecule has 3 aromatic rings. The Balaban J connectivity index is 2.20. The van der Waals surface area contributed by atoms with E-state index in [1.54, 1.807) is 31.5 Å². The zero-order chi connectivity index (χ0) is 19.6. The van der Waals surface area contributed by atoms with Gasteiger partial charge in [-0.25, -0.2) is 9.97 Å². The number of nitrogens with two attached hydrogens (primary N) is 1. The summed E-state index contributed by atoms with van der Waals surface area (Å²) in [6, 6.07) is 6.68. The highest BCUT2D eigenvalue weighted by Crippen LogP contribution is 2.35. The van der Waals surface area contributed by atoms with Gasteiger partial charge in [-0.2, -0.15) is 13.2 Å². The monoisotopic (exact) mass is 388 g/mol. The molecular weight excluding hydrogens is 377 g/mol. The number of alkyl halides is 3. The number of hydrogen-bond acceptors (Lipinski definition) is 4. The molecule has 0 atom stereocenters. The Morgan fingerprint density at radius 2 is 1.89 bits per heavy atom. The molecule has 0 aliphatic carbocycles. The lowest BCUT2D eigenvalue weighted by Gasteiger charge is -2.12. The summed E-state index contributed by atoms with van der Waals surface area (Å²) in [7, 11) is 0. The molecule has 2 N–H and O–H groups in total. The van der Waals surface area contributed by atoms with Crippen LogP contribution in [0.2, 0.25) is 5.02 Å². The third kappa shape index (κ3) is 4.36. The Morgan fingerprint density at radius 3 is 2.56 bits per heavy atom. The van der Waals surface area contributed by atoms with Gasteiger partial charge >= 0.3 is 6.18 Å². The first-order chi connectivity index (χ1) is 12.7. The molecule has 4 nitrogen and oxygen atoms in total. The number of pyridine rings is 1. The minimum atomic E-state index is -4.55. The van der Waals surface area contributed by atoms with Crippen LogP contribution in [0.25, 0.3) is 11.3 Å². The van der Waals surface area contributed by atoms with Gasteiger partial charge < -0.3 is 5.73 Å². The zero-order valence-electron chi connectivity index (χ0n) is 14.0. The van der Waals surface area contributed by atoms with Crippen molar-refractivity contribution in [3.8, 4) is 23.1 Å². The molecule has 1 aromatic carbocycles. The standard InChI is InChI=1S/C19H12ClF3N4/c1-11-16(5-4-12-3-2-6-25-10-12)17(27-18(24)26-11)13-7-14(19(21,22)23)9-15(20)8-13/h2-3,6-10H,1H3,(H2,24,26,27). The molecule has 8 heteroatoms. The molecule has 2 aromatic heterocycles. The van der Waals surface area contributed by atoms with Gasteiger partial charge in [-0.3, -0.25) is 4.98 Å². The van der Waals surface area contributed by atoms with Crippen LogP contribution in [0.3, 0.4) is 0 Å². The largest absolute Gasteiger partial charge is 0.416 e. The van der Waals surface area contributed by atoms with Crippen molar-refractivity contribution in [1.82, 2.24) is 15.0 Å². The van der Waals surface area contributed by atoms with Crippen LogP contribution >= 0.6 is 11.6 Å². The number of hydrogen-bond donors (Lipinski definition) is 1. The van der Waals surface area contributed by atoms with E-state index < -0.39 is 11.7 Å². The number of nitrogen functional groups attached to an aromatic ring is 1. The number of nitrogens with zero attached hydrogens (tertiary/aromatic N) is 3. The third-order valence-corrected chi connectivity index (χ3v) is 3.82. The summed E-state index contributed by atoms with van der Waals surface area (Å²) in [6.07, 6.45) is -1.37. The minimum Gasteiger partial charge on any atom is -0.368 e. The molecule has 0 amide bonds. The Morgan fingerprint density at radius 1 is 1.11 bits per heavy atom. The van der Waals surface area contributed by atoms with Crippen molar-refractivity contribution in [3.05, 3.63) is 70.1 Å². The fourth-order valence-corrected chi connectivity index (χ4v) is 2.65. The molecule has 0 spiro atoms. The van der Waals surface area contributed by atoms with Gasteiger partial charge in [-0.15, -0.1) is 0 Å². The van der Waals surface area contributed by atoms with Crippen molar-refractivity contribution in [2.45, 2.75) is 13.1 Å². The van der Waals surface area contributed by atoms with E-state index in [1.165, 1.54) is 6.07 Å². The molecule has 136 valence electrons. The van der Waals surface area contributed by atoms with Crippen LogP contribution in [0.15, 0.2) is 42.7 Å². The Hall–Kier alpha value is -3.11. The van der Waals surface area contributed by atoms with Gasteiger partial charge in [0.2, 0.25) is 5.95 Å². The number of rotatable bonds is 1. The normalized spacial score (nSPS) is 11.0. The molecule has 0 radical (unpaired) electrons. The van der Waals surface area contributed by atoms with E-state index >= 15 is 0 Å². The topological polar surface area (TPSA) is 64.7 Å². The highest BCUT2D eigenvalue weighted by molar-refractivity contribution is 6.31. The first kappa shape index (κ1) is 18.7. The second-order valence-electron chi connectivity index (χ2n) is 5.61. The fraction of sp³-hybridized carbons (Fsp3) is 0.105. The van der Waals surface area contributed by atoms with E-state index in [0.29, 0.717) is 16.8 Å². The number of aryl methyl sites for hydroxylation is 1. The molecule has 3 rings (SSSR count). The van der Waals surface area contributed by atoms with Crippen LogP contribution in [-0.4, -0.2) is 15.0 Å². The van der Waals surface area contributed by atoms with E-state index in [1.807, 2.05) is 0 Å². The lowest BCUT2D eigenvalue weighted by atomic mass is 10.0.